The molecule has 25 heavy (non-hydrogen) atoms. The average molecular weight is 350 g/mol. The van der Waals surface area contributed by atoms with E-state index < -0.39 is 0 Å². The van der Waals surface area contributed by atoms with Crippen molar-refractivity contribution in [1.29, 1.82) is 0 Å². The van der Waals surface area contributed by atoms with E-state index in [0.29, 0.717) is 6.42 Å². The fourth-order valence-electron chi connectivity index (χ4n) is 2.53. The summed E-state index contributed by atoms with van der Waals surface area (Å²) in [7, 11) is 2.79. The number of imidazole rings is 1. The largest absolute Gasteiger partial charge is 0.469 e. The molecule has 140 valence electrons. The van der Waals surface area contributed by atoms with Crippen molar-refractivity contribution in [3.8, 4) is 0 Å². The summed E-state index contributed by atoms with van der Waals surface area (Å²) >= 11 is 0. The maximum Gasteiger partial charge on any atom is 0.330 e. The van der Waals surface area contributed by atoms with Crippen LogP contribution in [0.4, 0.5) is 0 Å². The van der Waals surface area contributed by atoms with Gasteiger partial charge in [0.25, 0.3) is 0 Å². The topological polar surface area (TPSA) is 70.4 Å². The Morgan fingerprint density at radius 2 is 1.64 bits per heavy atom. The highest BCUT2D eigenvalue weighted by molar-refractivity contribution is 5.86. The third-order valence-electron chi connectivity index (χ3n) is 4.02. The van der Waals surface area contributed by atoms with Gasteiger partial charge in [-0.05, 0) is 18.9 Å². The number of ether oxygens (including phenoxy) is 2. The Bertz CT molecular complexity index is 537. The molecule has 0 bridgehead atoms. The van der Waals surface area contributed by atoms with Gasteiger partial charge in [-0.1, -0.05) is 38.5 Å². The van der Waals surface area contributed by atoms with Crippen LogP contribution < -0.4 is 0 Å². The van der Waals surface area contributed by atoms with Gasteiger partial charge >= 0.3 is 11.9 Å². The molecule has 0 atom stereocenters. The minimum atomic E-state index is -0.375. The minimum absolute atomic E-state index is 0.108. The quantitative estimate of drug-likeness (QED) is 0.308. The highest BCUT2D eigenvalue weighted by Crippen LogP contribution is 2.11. The molecular formula is C19H30N2O4. The number of rotatable bonds is 13. The Morgan fingerprint density at radius 3 is 2.28 bits per heavy atom. The van der Waals surface area contributed by atoms with Gasteiger partial charge < -0.3 is 14.0 Å². The lowest BCUT2D eigenvalue weighted by Gasteiger charge is -2.03. The van der Waals surface area contributed by atoms with Crippen molar-refractivity contribution in [1.82, 2.24) is 9.55 Å². The van der Waals surface area contributed by atoms with Crippen molar-refractivity contribution in [2.45, 2.75) is 64.3 Å². The van der Waals surface area contributed by atoms with Crippen LogP contribution in [0.5, 0.6) is 0 Å². The minimum Gasteiger partial charge on any atom is -0.469 e. The molecular weight excluding hydrogens is 320 g/mol. The molecule has 0 aliphatic heterocycles. The van der Waals surface area contributed by atoms with Crippen molar-refractivity contribution < 1.29 is 19.1 Å². The van der Waals surface area contributed by atoms with Crippen LogP contribution in [0.3, 0.4) is 0 Å². The number of aryl methyl sites for hydroxylation is 1. The first-order valence-corrected chi connectivity index (χ1v) is 9.00. The van der Waals surface area contributed by atoms with Gasteiger partial charge in [-0.15, -0.1) is 0 Å². The molecule has 0 fully saturated rings. The second-order valence-corrected chi connectivity index (χ2v) is 6.05. The predicted molar refractivity (Wildman–Crippen MR) is 96.8 cm³/mol. The highest BCUT2D eigenvalue weighted by atomic mass is 16.5. The number of carbonyl (C=O) groups is 2. The molecule has 0 N–H and O–H groups in total. The Kier molecular flexibility index (Phi) is 11.1. The zero-order valence-corrected chi connectivity index (χ0v) is 15.4. The normalized spacial score (nSPS) is 11.0. The zero-order chi connectivity index (χ0) is 18.3. The summed E-state index contributed by atoms with van der Waals surface area (Å²) in [6, 6.07) is 0. The average Bonchev–Trinajstić information content (AvgIpc) is 3.08. The molecule has 0 spiro atoms. The standard InChI is InChI=1S/C19H30N2O4/c1-24-18(22)11-9-7-5-3-4-6-8-10-14-21-15-17(20-16-21)12-13-19(23)25-2/h12-13,15-16H,3-11,14H2,1-2H3/b13-12+. The van der Waals surface area contributed by atoms with Crippen LogP contribution >= 0.6 is 0 Å². The van der Waals surface area contributed by atoms with Crippen molar-refractivity contribution >= 4 is 18.0 Å². The number of hydrogen-bond acceptors (Lipinski definition) is 5. The van der Waals surface area contributed by atoms with Crippen molar-refractivity contribution in [2.75, 3.05) is 14.2 Å². The second-order valence-electron chi connectivity index (χ2n) is 6.05. The van der Waals surface area contributed by atoms with E-state index in [4.69, 9.17) is 0 Å². The van der Waals surface area contributed by atoms with Crippen molar-refractivity contribution in [3.05, 3.63) is 24.3 Å². The third-order valence-corrected chi connectivity index (χ3v) is 4.02. The maximum atomic E-state index is 11.0. The zero-order valence-electron chi connectivity index (χ0n) is 15.4. The smallest absolute Gasteiger partial charge is 0.330 e. The summed E-state index contributed by atoms with van der Waals surface area (Å²) in [6.07, 6.45) is 16.6. The van der Waals surface area contributed by atoms with E-state index in [-0.39, 0.29) is 11.9 Å². The number of unbranched alkanes of at least 4 members (excludes halogenated alkanes) is 7. The van der Waals surface area contributed by atoms with Gasteiger partial charge in [0, 0.05) is 25.2 Å². The monoisotopic (exact) mass is 350 g/mol. The Morgan fingerprint density at radius 1 is 1.00 bits per heavy atom. The second kappa shape index (κ2) is 13.2. The summed E-state index contributed by atoms with van der Waals surface area (Å²) in [4.78, 5) is 26.2. The van der Waals surface area contributed by atoms with Gasteiger partial charge in [0.05, 0.1) is 26.2 Å². The van der Waals surface area contributed by atoms with E-state index in [2.05, 4.69) is 14.5 Å². The molecule has 0 radical (unpaired) electrons. The fraction of sp³-hybridized carbons (Fsp3) is 0.632. The third kappa shape index (κ3) is 10.4. The summed E-state index contributed by atoms with van der Waals surface area (Å²) in [5.74, 6) is -0.483. The van der Waals surface area contributed by atoms with Crippen LogP contribution in [0.15, 0.2) is 18.6 Å². The van der Waals surface area contributed by atoms with Crippen LogP contribution in [-0.2, 0) is 25.6 Å². The van der Waals surface area contributed by atoms with Gasteiger partial charge in [0.15, 0.2) is 0 Å². The molecule has 1 heterocycles. The SMILES string of the molecule is COC(=O)/C=C/c1cn(CCCCCCCCCCC(=O)OC)cn1. The van der Waals surface area contributed by atoms with Gasteiger partial charge in [-0.2, -0.15) is 0 Å². The highest BCUT2D eigenvalue weighted by Gasteiger charge is 2.00. The van der Waals surface area contributed by atoms with Crippen molar-refractivity contribution in [2.24, 2.45) is 0 Å². The summed E-state index contributed by atoms with van der Waals surface area (Å²) in [6.45, 7) is 0.943. The first kappa shape index (κ1) is 20.9. The number of methoxy groups -OCH3 is 2. The van der Waals surface area contributed by atoms with E-state index in [9.17, 15) is 9.59 Å². The molecule has 0 saturated carbocycles. The van der Waals surface area contributed by atoms with Crippen LogP contribution in [0, 0.1) is 0 Å². The Balaban J connectivity index is 2.00. The number of esters is 2. The Hall–Kier alpha value is -2.11. The number of aromatic nitrogens is 2. The lowest BCUT2D eigenvalue weighted by Crippen LogP contribution is -1.99. The lowest BCUT2D eigenvalue weighted by molar-refractivity contribution is -0.140. The summed E-state index contributed by atoms with van der Waals surface area (Å²) in [5.41, 5.74) is 0.761. The van der Waals surface area contributed by atoms with E-state index in [1.54, 1.807) is 12.4 Å². The molecule has 0 saturated heterocycles. The van der Waals surface area contributed by atoms with Gasteiger partial charge in [-0.3, -0.25) is 4.79 Å². The van der Waals surface area contributed by atoms with Crippen molar-refractivity contribution in [3.63, 3.8) is 0 Å². The van der Waals surface area contributed by atoms with Gasteiger partial charge in [0.2, 0.25) is 0 Å². The molecule has 0 aliphatic carbocycles. The molecule has 0 unspecified atom stereocenters. The first-order chi connectivity index (χ1) is 12.2. The van der Waals surface area contributed by atoms with Gasteiger partial charge in [-0.25, -0.2) is 9.78 Å². The number of hydrogen-bond donors (Lipinski definition) is 0. The number of nitrogens with zero attached hydrogens (tertiary/aromatic N) is 2. The van der Waals surface area contributed by atoms with Crippen LogP contribution in [0.25, 0.3) is 6.08 Å². The molecule has 0 aromatic carbocycles. The molecule has 1 aromatic heterocycles. The lowest BCUT2D eigenvalue weighted by atomic mass is 10.1. The fourth-order valence-corrected chi connectivity index (χ4v) is 2.53. The molecule has 1 rings (SSSR count). The van der Waals surface area contributed by atoms with E-state index in [1.165, 1.54) is 52.4 Å². The molecule has 1 aromatic rings. The van der Waals surface area contributed by atoms with Crippen LogP contribution in [0.2, 0.25) is 0 Å². The molecule has 0 aliphatic rings. The van der Waals surface area contributed by atoms with E-state index in [1.807, 2.05) is 10.8 Å². The molecule has 6 heteroatoms. The van der Waals surface area contributed by atoms with Gasteiger partial charge in [0.1, 0.15) is 0 Å². The summed E-state index contributed by atoms with van der Waals surface area (Å²) in [5, 5.41) is 0. The number of carbonyl (C=O) groups excluding carboxylic acids is 2. The first-order valence-electron chi connectivity index (χ1n) is 9.00. The molecule has 0 amide bonds. The summed E-state index contributed by atoms with van der Waals surface area (Å²) < 4.78 is 11.2. The predicted octanol–water partition coefficient (Wildman–Crippen LogP) is 3.75. The Labute approximate surface area is 150 Å². The van der Waals surface area contributed by atoms with Crippen LogP contribution in [0.1, 0.15) is 63.5 Å². The van der Waals surface area contributed by atoms with E-state index >= 15 is 0 Å². The molecule has 6 nitrogen and oxygen atoms in total. The van der Waals surface area contributed by atoms with E-state index in [0.717, 1.165) is 31.5 Å². The van der Waals surface area contributed by atoms with Crippen LogP contribution in [-0.4, -0.2) is 35.7 Å². The maximum absolute atomic E-state index is 11.0.